The zero-order chi connectivity index (χ0) is 27.3. The molecule has 0 saturated carbocycles. The lowest BCUT2D eigenvalue weighted by Gasteiger charge is -2.31. The Balaban J connectivity index is 1.42. The molecule has 3 aliphatic rings. The average molecular weight is 629 g/mol. The first kappa shape index (κ1) is 26.3. The van der Waals surface area contributed by atoms with Crippen LogP contribution in [0.25, 0.3) is 0 Å². The number of anilines is 1. The van der Waals surface area contributed by atoms with E-state index in [-0.39, 0.29) is 29.1 Å². The minimum absolute atomic E-state index is 0.0649. The Labute approximate surface area is 242 Å². The Bertz CT molecular complexity index is 1510. The number of amides is 3. The molecule has 39 heavy (non-hydrogen) atoms. The van der Waals surface area contributed by atoms with E-state index in [1.807, 2.05) is 29.2 Å². The Morgan fingerprint density at radius 2 is 1.77 bits per heavy atom. The second-order valence-electron chi connectivity index (χ2n) is 9.87. The second-order valence-corrected chi connectivity index (χ2v) is 12.9. The van der Waals surface area contributed by atoms with E-state index >= 15 is 0 Å². The van der Waals surface area contributed by atoms with E-state index in [2.05, 4.69) is 15.9 Å². The first-order chi connectivity index (χ1) is 18.9. The van der Waals surface area contributed by atoms with Crippen molar-refractivity contribution in [1.82, 2.24) is 9.47 Å². The standard InChI is InChI=1S/C28H26BrN3O5S2/c1-37-19-10-8-18(9-11-19)32-25(34)22-21(16-6-5-7-17(29)14-16)24-27(38-23(22)26(32)35)31(28(36)39-24)15-20(33)30-12-3-2-4-13-30/h5-11,14,21-23H,2-4,12-13,15H2,1H3/t21-,22?,23?/m1/s1. The van der Waals surface area contributed by atoms with Gasteiger partial charge in [-0.1, -0.05) is 51.2 Å². The summed E-state index contributed by atoms with van der Waals surface area (Å²) in [6.07, 6.45) is 3.03. The third-order valence-electron chi connectivity index (χ3n) is 7.59. The van der Waals surface area contributed by atoms with Crippen LogP contribution in [0, 0.1) is 5.92 Å². The molecule has 3 atom stereocenters. The van der Waals surface area contributed by atoms with E-state index < -0.39 is 17.1 Å². The number of aromatic nitrogens is 1. The molecule has 6 rings (SSSR count). The maximum atomic E-state index is 14.0. The third kappa shape index (κ3) is 4.64. The number of thioether (sulfide) groups is 1. The number of hydrogen-bond acceptors (Lipinski definition) is 7. The summed E-state index contributed by atoms with van der Waals surface area (Å²) in [5, 5.41) is -0.110. The highest BCUT2D eigenvalue weighted by Gasteiger charge is 2.56. The van der Waals surface area contributed by atoms with E-state index in [4.69, 9.17) is 4.74 Å². The number of carbonyl (C=O) groups is 3. The van der Waals surface area contributed by atoms with Crippen molar-refractivity contribution in [2.75, 3.05) is 25.1 Å². The van der Waals surface area contributed by atoms with E-state index in [1.54, 1.807) is 31.4 Å². The molecule has 2 saturated heterocycles. The molecular weight excluding hydrogens is 602 g/mol. The maximum Gasteiger partial charge on any atom is 0.308 e. The van der Waals surface area contributed by atoms with Crippen molar-refractivity contribution in [2.45, 2.75) is 42.0 Å². The first-order valence-electron chi connectivity index (χ1n) is 12.8. The number of ether oxygens (including phenoxy) is 1. The first-order valence-corrected chi connectivity index (χ1v) is 15.3. The van der Waals surface area contributed by atoms with Crippen molar-refractivity contribution in [1.29, 1.82) is 0 Å². The molecule has 0 spiro atoms. The molecule has 0 radical (unpaired) electrons. The monoisotopic (exact) mass is 627 g/mol. The molecule has 3 aliphatic heterocycles. The Hall–Kier alpha value is -2.89. The van der Waals surface area contributed by atoms with Crippen LogP contribution in [0.3, 0.4) is 0 Å². The molecule has 0 aliphatic carbocycles. The molecule has 4 heterocycles. The largest absolute Gasteiger partial charge is 0.497 e. The van der Waals surface area contributed by atoms with Crippen LogP contribution in [0.1, 0.15) is 35.6 Å². The van der Waals surface area contributed by atoms with Crippen molar-refractivity contribution >= 4 is 62.4 Å². The summed E-state index contributed by atoms with van der Waals surface area (Å²) >= 11 is 5.84. The van der Waals surface area contributed by atoms with Crippen molar-refractivity contribution in [3.8, 4) is 5.75 Å². The molecule has 2 fully saturated rings. The summed E-state index contributed by atoms with van der Waals surface area (Å²) in [4.78, 5) is 57.8. The molecule has 0 N–H and O–H groups in total. The Morgan fingerprint density at radius 1 is 1.03 bits per heavy atom. The topological polar surface area (TPSA) is 88.9 Å². The van der Waals surface area contributed by atoms with Gasteiger partial charge in [-0.05, 0) is 61.2 Å². The number of fused-ring (bicyclic) bond motifs is 2. The Morgan fingerprint density at radius 3 is 2.46 bits per heavy atom. The quantitative estimate of drug-likeness (QED) is 0.387. The number of piperidine rings is 1. The number of imide groups is 1. The molecular formula is C28H26BrN3O5S2. The number of hydrogen-bond donors (Lipinski definition) is 0. The predicted molar refractivity (Wildman–Crippen MR) is 154 cm³/mol. The predicted octanol–water partition coefficient (Wildman–Crippen LogP) is 4.49. The minimum Gasteiger partial charge on any atom is -0.497 e. The summed E-state index contributed by atoms with van der Waals surface area (Å²) in [6, 6.07) is 14.5. The van der Waals surface area contributed by atoms with Crippen LogP contribution in [-0.2, 0) is 20.9 Å². The number of nitrogens with zero attached hydrogens (tertiary/aromatic N) is 3. The molecule has 3 amide bonds. The summed E-state index contributed by atoms with van der Waals surface area (Å²) in [5.74, 6) is -1.26. The van der Waals surface area contributed by atoms with Crippen LogP contribution in [0.2, 0.25) is 0 Å². The number of thiazole rings is 1. The van der Waals surface area contributed by atoms with Gasteiger partial charge in [-0.2, -0.15) is 0 Å². The molecule has 11 heteroatoms. The molecule has 202 valence electrons. The van der Waals surface area contributed by atoms with Gasteiger partial charge in [0.25, 0.3) is 0 Å². The second kappa shape index (κ2) is 10.6. The number of carbonyl (C=O) groups excluding carboxylic acids is 3. The fourth-order valence-electron chi connectivity index (χ4n) is 5.68. The normalized spacial score (nSPS) is 22.6. The summed E-state index contributed by atoms with van der Waals surface area (Å²) < 4.78 is 7.59. The Kier molecular flexibility index (Phi) is 7.15. The smallest absolute Gasteiger partial charge is 0.308 e. The van der Waals surface area contributed by atoms with Crippen molar-refractivity contribution in [3.63, 3.8) is 0 Å². The lowest BCUT2D eigenvalue weighted by Crippen LogP contribution is -2.39. The SMILES string of the molecule is COc1ccc(N2C(=O)C3Sc4c(sc(=O)n4CC(=O)N4CCCCC4)[C@H](c4cccc(Br)c4)C3C2=O)cc1. The van der Waals surface area contributed by atoms with Gasteiger partial charge in [-0.15, -0.1) is 0 Å². The minimum atomic E-state index is -0.721. The number of rotatable bonds is 5. The molecule has 3 aromatic rings. The van der Waals surface area contributed by atoms with Gasteiger partial charge in [0.05, 0.1) is 23.7 Å². The fourth-order valence-corrected chi connectivity index (χ4v) is 8.87. The molecule has 2 aromatic carbocycles. The maximum absolute atomic E-state index is 14.0. The van der Waals surface area contributed by atoms with Crippen LogP contribution >= 0.6 is 39.0 Å². The van der Waals surface area contributed by atoms with E-state index in [9.17, 15) is 19.2 Å². The zero-order valence-corrected chi connectivity index (χ0v) is 24.4. The molecule has 0 bridgehead atoms. The molecule has 2 unspecified atom stereocenters. The summed E-state index contributed by atoms with van der Waals surface area (Å²) in [5.41, 5.74) is 1.32. The van der Waals surface area contributed by atoms with Gasteiger partial charge in [0.2, 0.25) is 17.7 Å². The highest BCUT2D eigenvalue weighted by atomic mass is 79.9. The van der Waals surface area contributed by atoms with Crippen LogP contribution < -0.4 is 14.5 Å². The summed E-state index contributed by atoms with van der Waals surface area (Å²) in [7, 11) is 1.56. The lowest BCUT2D eigenvalue weighted by molar-refractivity contribution is -0.133. The number of methoxy groups -OCH3 is 1. The van der Waals surface area contributed by atoms with Gasteiger partial charge in [0.1, 0.15) is 17.5 Å². The number of benzene rings is 2. The molecule has 1 aromatic heterocycles. The van der Waals surface area contributed by atoms with Gasteiger partial charge in [-0.3, -0.25) is 23.7 Å². The van der Waals surface area contributed by atoms with Crippen molar-refractivity contribution < 1.29 is 19.1 Å². The van der Waals surface area contributed by atoms with Gasteiger partial charge in [0, 0.05) is 28.4 Å². The van der Waals surface area contributed by atoms with Gasteiger partial charge < -0.3 is 9.64 Å². The van der Waals surface area contributed by atoms with Crippen LogP contribution in [0.15, 0.2) is 62.8 Å². The fraction of sp³-hybridized carbons (Fsp3) is 0.357. The van der Waals surface area contributed by atoms with Crippen molar-refractivity contribution in [2.24, 2.45) is 5.92 Å². The van der Waals surface area contributed by atoms with E-state index in [0.717, 1.165) is 45.5 Å². The van der Waals surface area contributed by atoms with Crippen LogP contribution in [0.5, 0.6) is 5.75 Å². The highest BCUT2D eigenvalue weighted by molar-refractivity contribution is 9.10. The molecule has 8 nitrogen and oxygen atoms in total. The summed E-state index contributed by atoms with van der Waals surface area (Å²) in [6.45, 7) is 1.33. The lowest BCUT2D eigenvalue weighted by atomic mass is 9.83. The average Bonchev–Trinajstić information content (AvgIpc) is 3.39. The van der Waals surface area contributed by atoms with Crippen molar-refractivity contribution in [3.05, 3.63) is 73.1 Å². The number of likely N-dealkylation sites (tertiary alicyclic amines) is 1. The van der Waals surface area contributed by atoms with E-state index in [0.29, 0.717) is 29.6 Å². The third-order valence-corrected chi connectivity index (χ3v) is 10.7. The number of halogens is 1. The van der Waals surface area contributed by atoms with Gasteiger partial charge in [-0.25, -0.2) is 4.90 Å². The van der Waals surface area contributed by atoms with E-state index in [1.165, 1.54) is 21.2 Å². The van der Waals surface area contributed by atoms with Crippen LogP contribution in [-0.4, -0.2) is 52.6 Å². The van der Waals surface area contributed by atoms with Gasteiger partial charge >= 0.3 is 4.87 Å². The van der Waals surface area contributed by atoms with Gasteiger partial charge in [0.15, 0.2) is 0 Å². The zero-order valence-electron chi connectivity index (χ0n) is 21.2. The van der Waals surface area contributed by atoms with Crippen LogP contribution in [0.4, 0.5) is 5.69 Å². The highest BCUT2D eigenvalue weighted by Crippen LogP contribution is 2.54.